The second kappa shape index (κ2) is 8.98. The van der Waals surface area contributed by atoms with Crippen LogP contribution in [0, 0.1) is 0 Å². The third-order valence-electron chi connectivity index (χ3n) is 4.02. The van der Waals surface area contributed by atoms with E-state index in [9.17, 15) is 9.59 Å². The molecule has 138 valence electrons. The van der Waals surface area contributed by atoms with Gasteiger partial charge in [0.2, 0.25) is 0 Å². The van der Waals surface area contributed by atoms with E-state index in [1.165, 1.54) is 0 Å². The quantitative estimate of drug-likeness (QED) is 0.747. The van der Waals surface area contributed by atoms with Gasteiger partial charge in [-0.2, -0.15) is 0 Å². The Bertz CT molecular complexity index is 754. The minimum Gasteiger partial charge on any atom is -0.444 e. The van der Waals surface area contributed by atoms with E-state index < -0.39 is 0 Å². The van der Waals surface area contributed by atoms with Crippen LogP contribution in [0.5, 0.6) is 0 Å². The maximum atomic E-state index is 12.2. The fourth-order valence-corrected chi connectivity index (χ4v) is 2.89. The predicted octanol–water partition coefficient (Wildman–Crippen LogP) is 2.36. The number of halogens is 1. The molecule has 1 aliphatic heterocycles. The second-order valence-corrected chi connectivity index (χ2v) is 6.63. The summed E-state index contributed by atoms with van der Waals surface area (Å²) in [6, 6.07) is 9.96. The molecule has 0 bridgehead atoms. The highest BCUT2D eigenvalue weighted by atomic mass is 79.9. The second-order valence-electron chi connectivity index (χ2n) is 5.85. The largest absolute Gasteiger partial charge is 0.444 e. The topological polar surface area (TPSA) is 83.8 Å². The molecule has 0 atom stereocenters. The number of nitrogens with one attached hydrogen (secondary N) is 2. The van der Waals surface area contributed by atoms with Crippen LogP contribution in [-0.4, -0.2) is 56.1 Å². The molecule has 2 amide bonds. The van der Waals surface area contributed by atoms with Gasteiger partial charge < -0.3 is 19.8 Å². The van der Waals surface area contributed by atoms with Crippen molar-refractivity contribution in [3.63, 3.8) is 0 Å². The fraction of sp³-hybridized carbons (Fsp3) is 0.333. The lowest BCUT2D eigenvalue weighted by molar-refractivity contribution is 0.0383. The molecule has 2 aromatic rings. The van der Waals surface area contributed by atoms with Crippen molar-refractivity contribution < 1.29 is 18.7 Å². The maximum Gasteiger partial charge on any atom is 0.291 e. The third-order valence-corrected chi connectivity index (χ3v) is 4.45. The van der Waals surface area contributed by atoms with Crippen LogP contribution in [0.3, 0.4) is 0 Å². The summed E-state index contributed by atoms with van der Waals surface area (Å²) in [5.41, 5.74) is 1.14. The Kier molecular flexibility index (Phi) is 6.43. The third kappa shape index (κ3) is 5.17. The Hall–Kier alpha value is -2.16. The summed E-state index contributed by atoms with van der Waals surface area (Å²) >= 11 is 3.16. The summed E-state index contributed by atoms with van der Waals surface area (Å²) in [7, 11) is 0. The molecule has 26 heavy (non-hydrogen) atoms. The predicted molar refractivity (Wildman–Crippen MR) is 100 cm³/mol. The Morgan fingerprint density at radius 3 is 2.42 bits per heavy atom. The molecule has 0 saturated carbocycles. The Labute approximate surface area is 159 Å². The maximum absolute atomic E-state index is 12.2. The molecule has 0 spiro atoms. The number of anilines is 1. The smallest absolute Gasteiger partial charge is 0.291 e. The van der Waals surface area contributed by atoms with E-state index in [1.807, 2.05) is 0 Å². The number of benzene rings is 1. The van der Waals surface area contributed by atoms with Gasteiger partial charge in [-0.3, -0.25) is 14.5 Å². The average Bonchev–Trinajstić information content (AvgIpc) is 3.10. The zero-order chi connectivity index (χ0) is 18.4. The molecule has 3 rings (SSSR count). The van der Waals surface area contributed by atoms with Crippen molar-refractivity contribution in [1.29, 1.82) is 0 Å². The van der Waals surface area contributed by atoms with Gasteiger partial charge >= 0.3 is 0 Å². The number of ether oxygens (including phenoxy) is 1. The molecule has 1 saturated heterocycles. The van der Waals surface area contributed by atoms with Gasteiger partial charge in [0.25, 0.3) is 11.8 Å². The molecule has 0 radical (unpaired) electrons. The van der Waals surface area contributed by atoms with Crippen LogP contribution >= 0.6 is 15.9 Å². The minimum absolute atomic E-state index is 0.133. The zero-order valence-electron chi connectivity index (χ0n) is 14.2. The van der Waals surface area contributed by atoms with E-state index in [2.05, 4.69) is 31.5 Å². The number of hydrogen-bond donors (Lipinski definition) is 2. The first-order valence-electron chi connectivity index (χ1n) is 8.37. The highest BCUT2D eigenvalue weighted by Crippen LogP contribution is 2.16. The number of amides is 2. The standard InChI is InChI=1S/C18H20BrN3O4/c19-16-6-5-15(26-16)18(24)21-14-3-1-13(2-4-14)17(23)20-7-8-22-9-11-25-12-10-22/h1-6H,7-12H2,(H,20,23)(H,21,24). The molecule has 1 aliphatic rings. The summed E-state index contributed by atoms with van der Waals surface area (Å²) in [6.07, 6.45) is 0. The zero-order valence-corrected chi connectivity index (χ0v) is 15.8. The van der Waals surface area contributed by atoms with Crippen LogP contribution in [0.25, 0.3) is 0 Å². The van der Waals surface area contributed by atoms with Crippen molar-refractivity contribution in [2.24, 2.45) is 0 Å². The van der Waals surface area contributed by atoms with E-state index in [1.54, 1.807) is 36.4 Å². The first-order chi connectivity index (χ1) is 12.6. The molecule has 8 heteroatoms. The van der Waals surface area contributed by atoms with Crippen molar-refractivity contribution in [2.45, 2.75) is 0 Å². The highest BCUT2D eigenvalue weighted by molar-refractivity contribution is 9.10. The summed E-state index contributed by atoms with van der Waals surface area (Å²) in [4.78, 5) is 26.5. The van der Waals surface area contributed by atoms with Crippen LogP contribution in [0.2, 0.25) is 0 Å². The van der Waals surface area contributed by atoms with Crippen molar-refractivity contribution >= 4 is 33.4 Å². The molecule has 1 fully saturated rings. The molecule has 0 unspecified atom stereocenters. The van der Waals surface area contributed by atoms with Gasteiger partial charge in [0.15, 0.2) is 10.4 Å². The fourth-order valence-electron chi connectivity index (χ4n) is 2.59. The van der Waals surface area contributed by atoms with Gasteiger partial charge in [-0.15, -0.1) is 0 Å². The summed E-state index contributed by atoms with van der Waals surface area (Å²) in [5.74, 6) is -0.272. The first-order valence-corrected chi connectivity index (χ1v) is 9.16. The van der Waals surface area contributed by atoms with Crippen LogP contribution < -0.4 is 10.6 Å². The van der Waals surface area contributed by atoms with Crippen LogP contribution in [0.4, 0.5) is 5.69 Å². The molecule has 2 heterocycles. The van der Waals surface area contributed by atoms with E-state index in [4.69, 9.17) is 9.15 Å². The van der Waals surface area contributed by atoms with Gasteiger partial charge in [-0.05, 0) is 52.3 Å². The SMILES string of the molecule is O=C(NCCN1CCOCC1)c1ccc(NC(=O)c2ccc(Br)o2)cc1. The van der Waals surface area contributed by atoms with E-state index in [0.29, 0.717) is 22.5 Å². The number of nitrogens with zero attached hydrogens (tertiary/aromatic N) is 1. The van der Waals surface area contributed by atoms with Crippen LogP contribution in [0.1, 0.15) is 20.9 Å². The van der Waals surface area contributed by atoms with E-state index in [-0.39, 0.29) is 17.6 Å². The van der Waals surface area contributed by atoms with Crippen molar-refractivity contribution in [3.8, 4) is 0 Å². The van der Waals surface area contributed by atoms with Crippen LogP contribution in [-0.2, 0) is 4.74 Å². The molecular weight excluding hydrogens is 402 g/mol. The lowest BCUT2D eigenvalue weighted by Crippen LogP contribution is -2.41. The molecule has 1 aromatic carbocycles. The Morgan fingerprint density at radius 1 is 1.04 bits per heavy atom. The van der Waals surface area contributed by atoms with Crippen molar-refractivity contribution in [1.82, 2.24) is 10.2 Å². The van der Waals surface area contributed by atoms with Crippen molar-refractivity contribution in [2.75, 3.05) is 44.7 Å². The lowest BCUT2D eigenvalue weighted by atomic mass is 10.2. The lowest BCUT2D eigenvalue weighted by Gasteiger charge is -2.26. The van der Waals surface area contributed by atoms with E-state index in [0.717, 1.165) is 32.8 Å². The summed E-state index contributed by atoms with van der Waals surface area (Å²) in [5, 5.41) is 5.63. The highest BCUT2D eigenvalue weighted by Gasteiger charge is 2.12. The molecule has 2 N–H and O–H groups in total. The molecule has 1 aromatic heterocycles. The van der Waals surface area contributed by atoms with Crippen molar-refractivity contribution in [3.05, 3.63) is 52.4 Å². The van der Waals surface area contributed by atoms with Gasteiger partial charge in [-0.25, -0.2) is 0 Å². The number of carbonyl (C=O) groups is 2. The normalized spacial score (nSPS) is 14.8. The summed E-state index contributed by atoms with van der Waals surface area (Å²) in [6.45, 7) is 4.69. The summed E-state index contributed by atoms with van der Waals surface area (Å²) < 4.78 is 11.0. The Balaban J connectivity index is 1.47. The van der Waals surface area contributed by atoms with Gasteiger partial charge in [0, 0.05) is 37.4 Å². The monoisotopic (exact) mass is 421 g/mol. The minimum atomic E-state index is -0.349. The molecule has 7 nitrogen and oxygen atoms in total. The number of furan rings is 1. The molecular formula is C18H20BrN3O4. The number of carbonyl (C=O) groups excluding carboxylic acids is 2. The van der Waals surface area contributed by atoms with Gasteiger partial charge in [-0.1, -0.05) is 0 Å². The number of morpholine rings is 1. The van der Waals surface area contributed by atoms with Crippen LogP contribution in [0.15, 0.2) is 45.5 Å². The first kappa shape index (κ1) is 18.6. The molecule has 0 aliphatic carbocycles. The van der Waals surface area contributed by atoms with Gasteiger partial charge in [0.1, 0.15) is 0 Å². The van der Waals surface area contributed by atoms with E-state index >= 15 is 0 Å². The Morgan fingerprint density at radius 2 is 1.77 bits per heavy atom. The van der Waals surface area contributed by atoms with Gasteiger partial charge in [0.05, 0.1) is 13.2 Å². The number of rotatable bonds is 6. The average molecular weight is 422 g/mol. The number of hydrogen-bond acceptors (Lipinski definition) is 5.